The first kappa shape index (κ1) is 31.2. The molecule has 4 nitrogen and oxygen atoms in total. The van der Waals surface area contributed by atoms with Gasteiger partial charge in [0.05, 0.1) is 0 Å². The number of hydrogen-bond donors (Lipinski definition) is 2. The Morgan fingerprint density at radius 2 is 0.952 bits per heavy atom. The van der Waals surface area contributed by atoms with Crippen molar-refractivity contribution in [2.24, 2.45) is 0 Å². The van der Waals surface area contributed by atoms with Gasteiger partial charge in [-0.25, -0.2) is 0 Å². The first-order valence-electron chi connectivity index (χ1n) is 13.9. The molecule has 4 aromatic rings. The van der Waals surface area contributed by atoms with Gasteiger partial charge in [-0.1, -0.05) is 85.0 Å². The Bertz CT molecular complexity index is 1420. The molecule has 4 aromatic carbocycles. The van der Waals surface area contributed by atoms with Crippen molar-refractivity contribution < 1.29 is 32.8 Å². The van der Waals surface area contributed by atoms with E-state index in [1.54, 1.807) is 11.1 Å². The van der Waals surface area contributed by atoms with E-state index in [-0.39, 0.29) is 0 Å². The zero-order valence-corrected chi connectivity index (χ0v) is 28.8. The molecule has 2 amide bonds. The van der Waals surface area contributed by atoms with Crippen LogP contribution in [0.2, 0.25) is 0 Å². The molecule has 0 spiro atoms. The van der Waals surface area contributed by atoms with Crippen molar-refractivity contribution in [1.29, 1.82) is 0 Å². The third-order valence-electron chi connectivity index (χ3n) is 6.62. The van der Waals surface area contributed by atoms with E-state index in [1.807, 2.05) is 36.4 Å². The van der Waals surface area contributed by atoms with Crippen LogP contribution >= 0.6 is 0 Å². The van der Waals surface area contributed by atoms with Gasteiger partial charge < -0.3 is 0 Å². The summed E-state index contributed by atoms with van der Waals surface area (Å²) in [6.07, 6.45) is 19.0. The summed E-state index contributed by atoms with van der Waals surface area (Å²) >= 11 is -1.73. The molecule has 0 saturated carbocycles. The Morgan fingerprint density at radius 1 is 0.548 bits per heavy atom. The zero-order valence-electron chi connectivity index (χ0n) is 23.3. The molecule has 2 aliphatic carbocycles. The van der Waals surface area contributed by atoms with Gasteiger partial charge in [-0.05, 0) is 11.1 Å². The van der Waals surface area contributed by atoms with Gasteiger partial charge in [-0.3, -0.25) is 0 Å². The van der Waals surface area contributed by atoms with Crippen LogP contribution in [-0.4, -0.2) is 30.7 Å². The van der Waals surface area contributed by atoms with Crippen LogP contribution in [0.4, 0.5) is 0 Å². The van der Waals surface area contributed by atoms with Crippen molar-refractivity contribution in [2.75, 3.05) is 0 Å². The van der Waals surface area contributed by atoms with Gasteiger partial charge in [-0.2, -0.15) is 0 Å². The fraction of sp³-hybridized carbons (Fsp3) is 0.0556. The van der Waals surface area contributed by atoms with Crippen molar-refractivity contribution in [1.82, 2.24) is 8.05 Å². The Labute approximate surface area is 268 Å². The molecule has 0 bridgehead atoms. The number of carbonyl (C=O) groups excluding carboxylic acids is 2. The molecular weight excluding hydrogens is 653 g/mol. The van der Waals surface area contributed by atoms with E-state index in [0.717, 1.165) is 7.25 Å². The summed E-state index contributed by atoms with van der Waals surface area (Å²) in [5.41, 5.74) is 8.44. The van der Waals surface area contributed by atoms with Crippen LogP contribution < -0.4 is 8.05 Å². The van der Waals surface area contributed by atoms with Gasteiger partial charge in [0.2, 0.25) is 0 Å². The maximum atomic E-state index is 9.46. The molecule has 2 N–H and O–H groups in total. The average Bonchev–Trinajstić information content (AvgIpc) is 3.66. The number of carbonyl (C=O) groups is 2. The second-order valence-corrected chi connectivity index (χ2v) is 15.8. The monoisotopic (exact) mass is 684 g/mol. The van der Waals surface area contributed by atoms with E-state index in [2.05, 4.69) is 129 Å². The second kappa shape index (κ2) is 18.0. The summed E-state index contributed by atoms with van der Waals surface area (Å²) in [5, 5.41) is 0. The molecule has 6 rings (SSSR count). The van der Waals surface area contributed by atoms with Crippen molar-refractivity contribution in [3.05, 3.63) is 167 Å². The Morgan fingerprint density at radius 3 is 1.38 bits per heavy atom. The quantitative estimate of drug-likeness (QED) is 0.0885. The number of benzene rings is 4. The predicted molar refractivity (Wildman–Crippen MR) is 173 cm³/mol. The molecule has 0 aliphatic heterocycles. The Hall–Kier alpha value is -3.70. The van der Waals surface area contributed by atoms with Crippen LogP contribution in [0.3, 0.4) is 0 Å². The van der Waals surface area contributed by atoms with E-state index < -0.39 is 41.1 Å². The summed E-state index contributed by atoms with van der Waals surface area (Å²) in [4.78, 5) is 18.9. The number of rotatable bonds is 9. The molecule has 0 aromatic heterocycles. The molecule has 0 heterocycles. The van der Waals surface area contributed by atoms with Gasteiger partial charge in [0.25, 0.3) is 0 Å². The molecular formula is C36H33GaN2O2Zr. The Balaban J connectivity index is 0.000000160. The van der Waals surface area contributed by atoms with Crippen LogP contribution in [0.15, 0.2) is 133 Å². The molecule has 2 atom stereocenters. The SMILES string of the molecule is C(C=Cc1ccccc1)=Cc1ccccc1.C1=C[CH]([Zr][CH]2C=Cc3ccccc32)c2ccccc21.O=C[NH][GaH][NH]C=O. The summed E-state index contributed by atoms with van der Waals surface area (Å²) in [6, 6.07) is 38.3. The van der Waals surface area contributed by atoms with Gasteiger partial charge in [0.15, 0.2) is 0 Å². The molecule has 42 heavy (non-hydrogen) atoms. The van der Waals surface area contributed by atoms with Crippen LogP contribution in [0.25, 0.3) is 24.3 Å². The van der Waals surface area contributed by atoms with Crippen LogP contribution in [0.5, 0.6) is 0 Å². The molecule has 2 unspecified atom stereocenters. The summed E-state index contributed by atoms with van der Waals surface area (Å²) in [5.74, 6) is 0. The summed E-state index contributed by atoms with van der Waals surface area (Å²) in [7, 11) is 0. The van der Waals surface area contributed by atoms with E-state index in [4.69, 9.17) is 0 Å². The van der Waals surface area contributed by atoms with E-state index >= 15 is 0 Å². The number of nitrogens with one attached hydrogen (secondary N) is 2. The third kappa shape index (κ3) is 9.99. The van der Waals surface area contributed by atoms with Gasteiger partial charge in [0.1, 0.15) is 0 Å². The average molecular weight is 687 g/mol. The minimum absolute atomic E-state index is 0.542. The molecule has 0 saturated heterocycles. The standard InChI is InChI=1S/C16H14.2C9H7.2CH3NO.Ga.Zr.H/c1-3-9-15(10-4-1)13-7-8-14-16-11-5-2-6-12-16;2*1-2-5-9-7-3-6-8(9)4-1;2*2-1-3;;;/h1-14H;2*1-7H;2*1H,(H2,2,3);;;/q;;;;;+2;;/p-2. The van der Waals surface area contributed by atoms with Gasteiger partial charge in [-0.15, -0.1) is 0 Å². The number of amides is 2. The first-order valence-corrected chi connectivity index (χ1v) is 19.7. The molecule has 206 valence electrons. The fourth-order valence-electron chi connectivity index (χ4n) is 4.59. The molecule has 6 heteroatoms. The number of hydrogen-bond acceptors (Lipinski definition) is 2. The molecule has 2 aliphatic rings. The minimum atomic E-state index is -1.18. The second-order valence-electron chi connectivity index (χ2n) is 9.46. The molecule has 0 radical (unpaired) electrons. The number of fused-ring (bicyclic) bond motifs is 2. The van der Waals surface area contributed by atoms with Crippen molar-refractivity contribution in [3.8, 4) is 0 Å². The normalized spacial score (nSPS) is 15.4. The van der Waals surface area contributed by atoms with Crippen LogP contribution in [-0.2, 0) is 32.8 Å². The third-order valence-corrected chi connectivity index (χ3v) is 12.4. The number of allylic oxidation sites excluding steroid dienone is 4. The van der Waals surface area contributed by atoms with Crippen molar-refractivity contribution in [3.63, 3.8) is 0 Å². The fourth-order valence-corrected chi connectivity index (χ4v) is 9.33. The van der Waals surface area contributed by atoms with Crippen molar-refractivity contribution in [2.45, 2.75) is 7.25 Å². The summed E-state index contributed by atoms with van der Waals surface area (Å²) < 4.78 is 6.30. The predicted octanol–water partition coefficient (Wildman–Crippen LogP) is 6.76. The van der Waals surface area contributed by atoms with E-state index in [9.17, 15) is 9.59 Å². The first-order chi connectivity index (χ1) is 20.8. The van der Waals surface area contributed by atoms with E-state index in [1.165, 1.54) is 22.3 Å². The topological polar surface area (TPSA) is 58.2 Å². The van der Waals surface area contributed by atoms with Crippen LogP contribution in [0, 0.1) is 0 Å². The van der Waals surface area contributed by atoms with Crippen LogP contribution in [0.1, 0.15) is 40.6 Å². The zero-order chi connectivity index (χ0) is 29.2. The maximum absolute atomic E-state index is 9.46. The van der Waals surface area contributed by atoms with Gasteiger partial charge >= 0.3 is 174 Å². The summed E-state index contributed by atoms with van der Waals surface area (Å²) in [6.45, 7) is 0. The van der Waals surface area contributed by atoms with E-state index in [0.29, 0.717) is 12.8 Å². The van der Waals surface area contributed by atoms with Crippen molar-refractivity contribution >= 4 is 55.0 Å². The van der Waals surface area contributed by atoms with Gasteiger partial charge in [0, 0.05) is 0 Å². The Kier molecular flexibility index (Phi) is 13.4. The molecule has 0 fully saturated rings.